The Morgan fingerprint density at radius 3 is 2.35 bits per heavy atom. The molecule has 4 rings (SSSR count). The number of ether oxygens (including phenoxy) is 1. The van der Waals surface area contributed by atoms with Gasteiger partial charge in [-0.05, 0) is 47.9 Å². The van der Waals surface area contributed by atoms with Crippen LogP contribution in [0.25, 0.3) is 10.9 Å². The molecule has 34 heavy (non-hydrogen) atoms. The third kappa shape index (κ3) is 5.46. The lowest BCUT2D eigenvalue weighted by Crippen LogP contribution is -2.29. The Balaban J connectivity index is 1.47. The van der Waals surface area contributed by atoms with E-state index in [1.54, 1.807) is 35.9 Å². The van der Waals surface area contributed by atoms with E-state index in [0.29, 0.717) is 29.4 Å². The fourth-order valence-corrected chi connectivity index (χ4v) is 5.40. The van der Waals surface area contributed by atoms with E-state index in [4.69, 9.17) is 4.74 Å². The van der Waals surface area contributed by atoms with Gasteiger partial charge in [0.05, 0.1) is 17.8 Å². The van der Waals surface area contributed by atoms with Crippen LogP contribution in [0.2, 0.25) is 0 Å². The first-order valence-electron chi connectivity index (χ1n) is 10.8. The van der Waals surface area contributed by atoms with E-state index in [0.717, 1.165) is 11.3 Å². The maximum Gasteiger partial charge on any atom is 0.239 e. The standard InChI is InChI=1S/C26H25FN2O4S/c1-33-22-12-8-19(9-13-22)14-15-28-26(30)17-29-16-25(23-4-2-3-5-24(23)29)34(31,32)18-20-6-10-21(27)11-7-20/h2-13,16H,14-15,17-18H2,1H3,(H,28,30). The summed E-state index contributed by atoms with van der Waals surface area (Å²) in [7, 11) is -2.10. The van der Waals surface area contributed by atoms with Crippen LogP contribution in [0.4, 0.5) is 4.39 Å². The Labute approximate surface area is 197 Å². The zero-order valence-electron chi connectivity index (χ0n) is 18.7. The largest absolute Gasteiger partial charge is 0.497 e. The summed E-state index contributed by atoms with van der Waals surface area (Å²) in [5, 5.41) is 3.44. The van der Waals surface area contributed by atoms with Crippen molar-refractivity contribution in [3.05, 3.63) is 95.9 Å². The van der Waals surface area contributed by atoms with Crippen molar-refractivity contribution in [2.75, 3.05) is 13.7 Å². The van der Waals surface area contributed by atoms with Crippen LogP contribution in [-0.2, 0) is 33.4 Å². The highest BCUT2D eigenvalue weighted by Gasteiger charge is 2.22. The Morgan fingerprint density at radius 1 is 0.971 bits per heavy atom. The van der Waals surface area contributed by atoms with Gasteiger partial charge < -0.3 is 14.6 Å². The topological polar surface area (TPSA) is 77.4 Å². The number of amides is 1. The number of rotatable bonds is 9. The van der Waals surface area contributed by atoms with Gasteiger partial charge in [-0.1, -0.05) is 42.5 Å². The van der Waals surface area contributed by atoms with E-state index >= 15 is 0 Å². The molecule has 0 saturated carbocycles. The Bertz CT molecular complexity index is 1400. The first kappa shape index (κ1) is 23.5. The average molecular weight is 481 g/mol. The molecule has 1 N–H and O–H groups in total. The Morgan fingerprint density at radius 2 is 1.65 bits per heavy atom. The molecule has 0 aliphatic rings. The number of benzene rings is 3. The lowest BCUT2D eigenvalue weighted by atomic mass is 10.1. The van der Waals surface area contributed by atoms with Gasteiger partial charge >= 0.3 is 0 Å². The Hall–Kier alpha value is -3.65. The summed E-state index contributed by atoms with van der Waals surface area (Å²) in [6.07, 6.45) is 2.17. The third-order valence-corrected chi connectivity index (χ3v) is 7.27. The molecule has 0 unspecified atom stereocenters. The molecule has 0 aliphatic heterocycles. The molecular formula is C26H25FN2O4S. The number of aromatic nitrogens is 1. The van der Waals surface area contributed by atoms with Crippen molar-refractivity contribution in [1.29, 1.82) is 0 Å². The van der Waals surface area contributed by atoms with Crippen molar-refractivity contribution in [1.82, 2.24) is 9.88 Å². The molecule has 176 valence electrons. The van der Waals surface area contributed by atoms with Crippen molar-refractivity contribution in [2.24, 2.45) is 0 Å². The molecule has 0 spiro atoms. The minimum Gasteiger partial charge on any atom is -0.497 e. The molecular weight excluding hydrogens is 455 g/mol. The van der Waals surface area contributed by atoms with E-state index in [2.05, 4.69) is 5.32 Å². The van der Waals surface area contributed by atoms with E-state index in [1.807, 2.05) is 24.3 Å². The van der Waals surface area contributed by atoms with Crippen LogP contribution < -0.4 is 10.1 Å². The number of methoxy groups -OCH3 is 1. The van der Waals surface area contributed by atoms with Crippen LogP contribution >= 0.6 is 0 Å². The van der Waals surface area contributed by atoms with Gasteiger partial charge in [0.15, 0.2) is 9.84 Å². The van der Waals surface area contributed by atoms with Gasteiger partial charge in [0.2, 0.25) is 5.91 Å². The molecule has 1 amide bonds. The second-order valence-corrected chi connectivity index (χ2v) is 9.93. The van der Waals surface area contributed by atoms with E-state index in [9.17, 15) is 17.6 Å². The highest BCUT2D eigenvalue weighted by atomic mass is 32.2. The summed E-state index contributed by atoms with van der Waals surface area (Å²) >= 11 is 0. The molecule has 1 heterocycles. The quantitative estimate of drug-likeness (QED) is 0.391. The second-order valence-electron chi connectivity index (χ2n) is 7.97. The number of sulfone groups is 1. The van der Waals surface area contributed by atoms with Crippen LogP contribution in [0.1, 0.15) is 11.1 Å². The number of hydrogen-bond donors (Lipinski definition) is 1. The molecule has 0 saturated heterocycles. The highest BCUT2D eigenvalue weighted by Crippen LogP contribution is 2.28. The summed E-state index contributed by atoms with van der Waals surface area (Å²) < 4.78 is 46.3. The van der Waals surface area contributed by atoms with Crippen LogP contribution in [0.3, 0.4) is 0 Å². The van der Waals surface area contributed by atoms with Gasteiger partial charge in [-0.25, -0.2) is 12.8 Å². The third-order valence-electron chi connectivity index (χ3n) is 5.57. The maximum atomic E-state index is 13.2. The number of nitrogens with zero attached hydrogens (tertiary/aromatic N) is 1. The minimum atomic E-state index is -3.71. The van der Waals surface area contributed by atoms with Crippen molar-refractivity contribution in [3.8, 4) is 5.75 Å². The van der Waals surface area contributed by atoms with E-state index < -0.39 is 15.7 Å². The van der Waals surface area contributed by atoms with E-state index in [1.165, 1.54) is 30.5 Å². The number of carbonyl (C=O) groups excluding carboxylic acids is 1. The Kier molecular flexibility index (Phi) is 6.98. The van der Waals surface area contributed by atoms with Crippen molar-refractivity contribution >= 4 is 26.6 Å². The van der Waals surface area contributed by atoms with Gasteiger partial charge in [-0.2, -0.15) is 0 Å². The molecule has 0 aliphatic carbocycles. The smallest absolute Gasteiger partial charge is 0.239 e. The molecule has 6 nitrogen and oxygen atoms in total. The minimum absolute atomic E-state index is 0.00477. The number of halogens is 1. The molecule has 1 aromatic heterocycles. The fraction of sp³-hybridized carbons (Fsp3) is 0.192. The zero-order valence-corrected chi connectivity index (χ0v) is 19.5. The van der Waals surface area contributed by atoms with Gasteiger partial charge in [-0.15, -0.1) is 0 Å². The summed E-state index contributed by atoms with van der Waals surface area (Å²) in [6, 6.07) is 20.1. The number of fused-ring (bicyclic) bond motifs is 1. The highest BCUT2D eigenvalue weighted by molar-refractivity contribution is 7.90. The molecule has 0 atom stereocenters. The monoisotopic (exact) mass is 480 g/mol. The fourth-order valence-electron chi connectivity index (χ4n) is 3.82. The number of nitrogens with one attached hydrogen (secondary N) is 1. The maximum absolute atomic E-state index is 13.2. The van der Waals surface area contributed by atoms with Crippen LogP contribution in [0.5, 0.6) is 5.75 Å². The second kappa shape index (κ2) is 10.1. The first-order valence-corrected chi connectivity index (χ1v) is 12.5. The van der Waals surface area contributed by atoms with Gasteiger partial charge in [0.25, 0.3) is 0 Å². The van der Waals surface area contributed by atoms with E-state index in [-0.39, 0.29) is 23.1 Å². The van der Waals surface area contributed by atoms with Gasteiger partial charge in [-0.3, -0.25) is 4.79 Å². The van der Waals surface area contributed by atoms with Gasteiger partial charge in [0, 0.05) is 23.6 Å². The molecule has 4 aromatic rings. The zero-order chi connectivity index (χ0) is 24.1. The van der Waals surface area contributed by atoms with Crippen molar-refractivity contribution in [2.45, 2.75) is 23.6 Å². The SMILES string of the molecule is COc1ccc(CCNC(=O)Cn2cc(S(=O)(=O)Cc3ccc(F)cc3)c3ccccc32)cc1. The lowest BCUT2D eigenvalue weighted by molar-refractivity contribution is -0.121. The molecule has 0 fully saturated rings. The van der Waals surface area contributed by atoms with Crippen LogP contribution in [0, 0.1) is 5.82 Å². The van der Waals surface area contributed by atoms with Crippen LogP contribution in [0.15, 0.2) is 83.9 Å². The average Bonchev–Trinajstić information content (AvgIpc) is 3.20. The summed E-state index contributed by atoms with van der Waals surface area (Å²) in [4.78, 5) is 12.7. The summed E-state index contributed by atoms with van der Waals surface area (Å²) in [5.74, 6) is -0.111. The predicted molar refractivity (Wildman–Crippen MR) is 129 cm³/mol. The van der Waals surface area contributed by atoms with Crippen molar-refractivity contribution < 1.29 is 22.3 Å². The molecule has 8 heteroatoms. The predicted octanol–water partition coefficient (Wildman–Crippen LogP) is 4.12. The van der Waals surface area contributed by atoms with Crippen molar-refractivity contribution in [3.63, 3.8) is 0 Å². The number of para-hydroxylation sites is 1. The number of carbonyl (C=O) groups is 1. The summed E-state index contributed by atoms with van der Waals surface area (Å²) in [5.41, 5.74) is 2.22. The molecule has 0 radical (unpaired) electrons. The molecule has 0 bridgehead atoms. The first-order chi connectivity index (χ1) is 16.4. The normalized spacial score (nSPS) is 11.5. The molecule has 3 aromatic carbocycles. The van der Waals surface area contributed by atoms with Gasteiger partial charge in [0.1, 0.15) is 18.1 Å². The number of hydrogen-bond acceptors (Lipinski definition) is 4. The summed E-state index contributed by atoms with van der Waals surface area (Å²) in [6.45, 7) is 0.454. The lowest BCUT2D eigenvalue weighted by Gasteiger charge is -2.08. The van der Waals surface area contributed by atoms with Crippen LogP contribution in [-0.4, -0.2) is 32.5 Å².